The first kappa shape index (κ1) is 28.3. The minimum absolute atomic E-state index is 0.0661. The van der Waals surface area contributed by atoms with Crippen LogP contribution in [0.25, 0.3) is 10.9 Å². The summed E-state index contributed by atoms with van der Waals surface area (Å²) in [4.78, 5) is 4.47. The van der Waals surface area contributed by atoms with E-state index in [1.807, 2.05) is 18.2 Å². The summed E-state index contributed by atoms with van der Waals surface area (Å²) in [7, 11) is 1.58. The number of halogens is 3. The molecule has 9 heteroatoms. The number of hydrogen-bond donors (Lipinski definition) is 4. The van der Waals surface area contributed by atoms with E-state index in [1.54, 1.807) is 13.3 Å². The van der Waals surface area contributed by atoms with Crippen molar-refractivity contribution in [3.8, 4) is 5.75 Å². The van der Waals surface area contributed by atoms with Crippen LogP contribution in [0.5, 0.6) is 5.75 Å². The topological polar surface area (TPSA) is 101 Å². The molecule has 0 unspecified atom stereocenters. The maximum atomic E-state index is 14.1. The fourth-order valence-electron chi connectivity index (χ4n) is 5.75. The van der Waals surface area contributed by atoms with Gasteiger partial charge in [-0.2, -0.15) is 0 Å². The number of pyridine rings is 1. The Labute approximate surface area is 221 Å². The molecule has 4 rings (SSSR count). The second-order valence-corrected chi connectivity index (χ2v) is 10.2. The van der Waals surface area contributed by atoms with Gasteiger partial charge in [0.25, 0.3) is 0 Å². The Morgan fingerprint density at radius 1 is 1.08 bits per heavy atom. The number of aliphatic hydroxyl groups is 2. The van der Waals surface area contributed by atoms with Crippen molar-refractivity contribution in [3.63, 3.8) is 0 Å². The number of methoxy groups -OCH3 is 1. The molecule has 0 saturated carbocycles. The van der Waals surface area contributed by atoms with E-state index in [2.05, 4.69) is 10.3 Å². The molecule has 1 saturated heterocycles. The van der Waals surface area contributed by atoms with Crippen molar-refractivity contribution in [3.05, 3.63) is 70.7 Å². The van der Waals surface area contributed by atoms with Crippen LogP contribution in [0.1, 0.15) is 61.3 Å². The highest BCUT2D eigenvalue weighted by molar-refractivity contribution is 5.85. The molecular formula is C29H36F3N3O3. The third-order valence-electron chi connectivity index (χ3n) is 7.98. The number of aromatic nitrogens is 1. The molecule has 0 radical (unpaired) electrons. The standard InChI is InChI=1S/C29H36F3N3O3/c1-38-20-5-6-25-22(15-20)28(18(16-33)17-35-25)26(36)7-8-29(9-11-34-12-10-29)27(37)4-2-3-21-23(31)13-19(30)14-24(21)32/h5-6,13-15,17,26-27,34,36-37H,2-4,7-12,16,33H2,1H3/t26-,27+/m1/s1. The van der Waals surface area contributed by atoms with E-state index in [9.17, 15) is 23.4 Å². The molecule has 6 nitrogen and oxygen atoms in total. The molecule has 2 heterocycles. The van der Waals surface area contributed by atoms with Crippen LogP contribution in [0.3, 0.4) is 0 Å². The average molecular weight is 532 g/mol. The summed E-state index contributed by atoms with van der Waals surface area (Å²) in [5.74, 6) is -2.11. The lowest BCUT2D eigenvalue weighted by Gasteiger charge is -2.42. The number of nitrogens with one attached hydrogen (secondary N) is 1. The van der Waals surface area contributed by atoms with Crippen LogP contribution >= 0.6 is 0 Å². The molecule has 1 aliphatic heterocycles. The molecule has 5 N–H and O–H groups in total. The van der Waals surface area contributed by atoms with Crippen LogP contribution in [-0.2, 0) is 13.0 Å². The number of piperidine rings is 1. The van der Waals surface area contributed by atoms with E-state index < -0.39 is 35.1 Å². The first-order valence-electron chi connectivity index (χ1n) is 13.1. The number of fused-ring (bicyclic) bond motifs is 1. The zero-order chi connectivity index (χ0) is 27.3. The Bertz CT molecular complexity index is 1220. The first-order valence-corrected chi connectivity index (χ1v) is 13.1. The molecule has 1 aromatic heterocycles. The fourth-order valence-corrected chi connectivity index (χ4v) is 5.75. The lowest BCUT2D eigenvalue weighted by atomic mass is 9.69. The van der Waals surface area contributed by atoms with Gasteiger partial charge in [0, 0.05) is 35.8 Å². The smallest absolute Gasteiger partial charge is 0.132 e. The Kier molecular flexibility index (Phi) is 9.25. The Hall–Kier alpha value is -2.72. The Morgan fingerprint density at radius 2 is 1.79 bits per heavy atom. The van der Waals surface area contributed by atoms with Gasteiger partial charge in [-0.1, -0.05) is 0 Å². The lowest BCUT2D eigenvalue weighted by molar-refractivity contribution is -0.0210. The third-order valence-corrected chi connectivity index (χ3v) is 7.98. The maximum absolute atomic E-state index is 14.1. The number of nitrogens with two attached hydrogens (primary N) is 1. The van der Waals surface area contributed by atoms with Gasteiger partial charge in [-0.25, -0.2) is 13.2 Å². The number of ether oxygens (including phenoxy) is 1. The van der Waals surface area contributed by atoms with Gasteiger partial charge in [-0.05, 0) is 92.8 Å². The van der Waals surface area contributed by atoms with Gasteiger partial charge in [0.2, 0.25) is 0 Å². The Balaban J connectivity index is 1.49. The monoisotopic (exact) mass is 531 g/mol. The molecule has 206 valence electrons. The van der Waals surface area contributed by atoms with Gasteiger partial charge in [-0.3, -0.25) is 4.98 Å². The molecule has 0 spiro atoms. The SMILES string of the molecule is COc1ccc2ncc(CN)c([C@H](O)CCC3([C@@H](O)CCCc4c(F)cc(F)cc4F)CCNCC3)c2c1. The number of nitrogens with zero attached hydrogens (tertiary/aromatic N) is 1. The second-order valence-electron chi connectivity index (χ2n) is 10.2. The van der Waals surface area contributed by atoms with Crippen LogP contribution in [0.15, 0.2) is 36.5 Å². The molecule has 38 heavy (non-hydrogen) atoms. The molecule has 1 aliphatic rings. The Morgan fingerprint density at radius 3 is 2.45 bits per heavy atom. The summed E-state index contributed by atoms with van der Waals surface area (Å²) in [6.45, 7) is 1.69. The summed E-state index contributed by atoms with van der Waals surface area (Å²) in [5.41, 5.74) is 7.58. The lowest BCUT2D eigenvalue weighted by Crippen LogP contribution is -2.44. The van der Waals surface area contributed by atoms with E-state index in [4.69, 9.17) is 10.5 Å². The summed E-state index contributed by atoms with van der Waals surface area (Å²) in [6.07, 6.45) is 3.31. The van der Waals surface area contributed by atoms with Crippen molar-refractivity contribution in [2.24, 2.45) is 11.1 Å². The quantitative estimate of drug-likeness (QED) is 0.287. The van der Waals surface area contributed by atoms with Gasteiger partial charge in [-0.15, -0.1) is 0 Å². The fraction of sp³-hybridized carbons (Fsp3) is 0.483. The summed E-state index contributed by atoms with van der Waals surface area (Å²) in [6, 6.07) is 6.87. The van der Waals surface area contributed by atoms with Crippen molar-refractivity contribution in [2.45, 2.75) is 63.7 Å². The summed E-state index contributed by atoms with van der Waals surface area (Å²) < 4.78 is 46.7. The summed E-state index contributed by atoms with van der Waals surface area (Å²) in [5, 5.41) is 26.8. The van der Waals surface area contributed by atoms with E-state index >= 15 is 0 Å². The largest absolute Gasteiger partial charge is 0.497 e. The van der Waals surface area contributed by atoms with Crippen molar-refractivity contribution in [1.82, 2.24) is 10.3 Å². The third kappa shape index (κ3) is 6.12. The van der Waals surface area contributed by atoms with E-state index in [1.165, 1.54) is 0 Å². The molecule has 0 bridgehead atoms. The van der Waals surface area contributed by atoms with Gasteiger partial charge in [0.15, 0.2) is 0 Å². The summed E-state index contributed by atoms with van der Waals surface area (Å²) >= 11 is 0. The van der Waals surface area contributed by atoms with Crippen LogP contribution in [-0.4, -0.2) is 41.5 Å². The zero-order valence-electron chi connectivity index (χ0n) is 21.7. The van der Waals surface area contributed by atoms with E-state index in [-0.39, 0.29) is 18.5 Å². The van der Waals surface area contributed by atoms with Crippen molar-refractivity contribution >= 4 is 10.9 Å². The average Bonchev–Trinajstić information content (AvgIpc) is 2.92. The molecular weight excluding hydrogens is 495 g/mol. The predicted molar refractivity (Wildman–Crippen MR) is 140 cm³/mol. The number of rotatable bonds is 11. The van der Waals surface area contributed by atoms with Crippen LogP contribution in [0, 0.1) is 22.9 Å². The van der Waals surface area contributed by atoms with E-state index in [0.29, 0.717) is 43.6 Å². The number of hydrogen-bond acceptors (Lipinski definition) is 6. The zero-order valence-corrected chi connectivity index (χ0v) is 21.7. The van der Waals surface area contributed by atoms with Gasteiger partial charge < -0.3 is 26.0 Å². The van der Waals surface area contributed by atoms with Crippen LogP contribution in [0.2, 0.25) is 0 Å². The number of aliphatic hydroxyl groups excluding tert-OH is 2. The highest BCUT2D eigenvalue weighted by atomic mass is 19.1. The molecule has 3 aromatic rings. The first-order chi connectivity index (χ1) is 18.3. The van der Waals surface area contributed by atoms with Crippen LogP contribution < -0.4 is 15.8 Å². The molecule has 0 aliphatic carbocycles. The molecule has 2 aromatic carbocycles. The molecule has 2 atom stereocenters. The normalized spacial score (nSPS) is 16.9. The maximum Gasteiger partial charge on any atom is 0.132 e. The van der Waals surface area contributed by atoms with Gasteiger partial charge >= 0.3 is 0 Å². The highest BCUT2D eigenvalue weighted by Gasteiger charge is 2.39. The minimum atomic E-state index is -0.950. The minimum Gasteiger partial charge on any atom is -0.497 e. The van der Waals surface area contributed by atoms with Crippen LogP contribution in [0.4, 0.5) is 13.2 Å². The van der Waals surface area contributed by atoms with Gasteiger partial charge in [0.1, 0.15) is 23.2 Å². The molecule has 1 fully saturated rings. The number of benzene rings is 2. The van der Waals surface area contributed by atoms with Crippen molar-refractivity contribution in [2.75, 3.05) is 20.2 Å². The highest BCUT2D eigenvalue weighted by Crippen LogP contribution is 2.42. The predicted octanol–water partition coefficient (Wildman–Crippen LogP) is 4.69. The van der Waals surface area contributed by atoms with Gasteiger partial charge in [0.05, 0.1) is 24.8 Å². The second kappa shape index (κ2) is 12.4. The van der Waals surface area contributed by atoms with E-state index in [0.717, 1.165) is 48.0 Å². The van der Waals surface area contributed by atoms with Crippen molar-refractivity contribution < 1.29 is 28.1 Å². The molecule has 0 amide bonds. The van der Waals surface area contributed by atoms with Crippen molar-refractivity contribution in [1.29, 1.82) is 0 Å².